The third kappa shape index (κ3) is 3.28. The molecule has 0 unspecified atom stereocenters. The molecule has 8 atom stereocenters. The van der Waals surface area contributed by atoms with Crippen molar-refractivity contribution in [1.29, 1.82) is 0 Å². The van der Waals surface area contributed by atoms with Crippen LogP contribution in [0.15, 0.2) is 35.2 Å². The first-order valence-electron chi connectivity index (χ1n) is 13.9. The van der Waals surface area contributed by atoms with Crippen molar-refractivity contribution >= 4 is 22.0 Å². The number of fused-ring (bicyclic) bond motifs is 2. The molecule has 1 spiro atoms. The molecule has 3 heterocycles. The number of carbonyl (C=O) groups excluding carboxylic acids is 2. The Morgan fingerprint density at radius 2 is 1.79 bits per heavy atom. The van der Waals surface area contributed by atoms with Crippen molar-refractivity contribution in [2.45, 2.75) is 82.4 Å². The van der Waals surface area contributed by atoms with Crippen molar-refractivity contribution < 1.29 is 41.7 Å². The normalized spacial score (nSPS) is 42.2. The van der Waals surface area contributed by atoms with Crippen LogP contribution in [-0.2, 0) is 38.3 Å². The second-order valence-electron chi connectivity index (χ2n) is 12.9. The molecule has 9 nitrogen and oxygen atoms in total. The number of cyclic esters (lactones) is 1. The van der Waals surface area contributed by atoms with Gasteiger partial charge in [-0.2, -0.15) is 0 Å². The summed E-state index contributed by atoms with van der Waals surface area (Å²) >= 11 is 0. The Balaban J connectivity index is 1.53. The second kappa shape index (κ2) is 8.66. The van der Waals surface area contributed by atoms with Gasteiger partial charge in [0.15, 0.2) is 15.6 Å². The maximum Gasteiger partial charge on any atom is 0.508 e. The van der Waals surface area contributed by atoms with Gasteiger partial charge in [-0.05, 0) is 48.6 Å². The van der Waals surface area contributed by atoms with Gasteiger partial charge in [0.1, 0.15) is 18.3 Å². The van der Waals surface area contributed by atoms with E-state index in [0.717, 1.165) is 0 Å². The van der Waals surface area contributed by atoms with Crippen LogP contribution in [0.25, 0.3) is 0 Å². The number of sulfone groups is 1. The van der Waals surface area contributed by atoms with Crippen molar-refractivity contribution in [3.05, 3.63) is 30.3 Å². The molecule has 3 aliphatic heterocycles. The van der Waals surface area contributed by atoms with E-state index in [-0.39, 0.29) is 30.0 Å². The summed E-state index contributed by atoms with van der Waals surface area (Å²) in [5, 5.41) is 0. The average molecular weight is 563 g/mol. The Labute approximate surface area is 229 Å². The van der Waals surface area contributed by atoms with E-state index in [1.54, 1.807) is 37.4 Å². The summed E-state index contributed by atoms with van der Waals surface area (Å²) in [6.45, 7) is 8.57. The van der Waals surface area contributed by atoms with Crippen molar-refractivity contribution in [2.24, 2.45) is 34.0 Å². The van der Waals surface area contributed by atoms with Crippen LogP contribution in [0.2, 0.25) is 0 Å². The van der Waals surface area contributed by atoms with Gasteiger partial charge in [0.25, 0.3) is 0 Å². The summed E-state index contributed by atoms with van der Waals surface area (Å²) in [6, 6.07) is 8.49. The lowest BCUT2D eigenvalue weighted by Crippen LogP contribution is -2.83. The Bertz CT molecular complexity index is 1280. The van der Waals surface area contributed by atoms with Crippen LogP contribution in [-0.4, -0.2) is 64.1 Å². The fourth-order valence-electron chi connectivity index (χ4n) is 9.35. The predicted molar refractivity (Wildman–Crippen MR) is 138 cm³/mol. The fourth-order valence-corrected chi connectivity index (χ4v) is 10.7. The van der Waals surface area contributed by atoms with Crippen LogP contribution < -0.4 is 0 Å². The number of hydrogen-bond acceptors (Lipinski definition) is 9. The molecule has 0 amide bonds. The maximum absolute atomic E-state index is 13.4. The van der Waals surface area contributed by atoms with Crippen LogP contribution in [0.1, 0.15) is 53.4 Å². The maximum atomic E-state index is 13.4. The molecule has 0 aromatic heterocycles. The summed E-state index contributed by atoms with van der Waals surface area (Å²) in [5.41, 5.74) is -2.36. The highest BCUT2D eigenvalue weighted by atomic mass is 32.2. The highest BCUT2D eigenvalue weighted by Gasteiger charge is 2.87. The van der Waals surface area contributed by atoms with Gasteiger partial charge in [0.2, 0.25) is 0 Å². The van der Waals surface area contributed by atoms with Gasteiger partial charge in [-0.3, -0.25) is 4.79 Å². The van der Waals surface area contributed by atoms with Crippen molar-refractivity contribution in [3.63, 3.8) is 0 Å². The van der Waals surface area contributed by atoms with Gasteiger partial charge < -0.3 is 23.7 Å². The Kier molecular flexibility index (Phi) is 6.00. The van der Waals surface area contributed by atoms with Crippen molar-refractivity contribution in [3.8, 4) is 0 Å². The van der Waals surface area contributed by atoms with E-state index in [1.807, 2.05) is 13.8 Å². The second-order valence-corrected chi connectivity index (χ2v) is 15.0. The summed E-state index contributed by atoms with van der Waals surface area (Å²) in [4.78, 5) is 26.3. The highest BCUT2D eigenvalue weighted by molar-refractivity contribution is 7.91. The van der Waals surface area contributed by atoms with Crippen LogP contribution >= 0.6 is 0 Å². The lowest BCUT2D eigenvalue weighted by Gasteiger charge is -2.73. The zero-order valence-corrected chi connectivity index (χ0v) is 24.0. The molecule has 214 valence electrons. The Hall–Kier alpha value is -2.17. The molecule has 2 bridgehead atoms. The van der Waals surface area contributed by atoms with Crippen LogP contribution in [0.3, 0.4) is 0 Å². The molecule has 0 radical (unpaired) electrons. The zero-order valence-electron chi connectivity index (χ0n) is 23.2. The van der Waals surface area contributed by atoms with E-state index < -0.39 is 62.3 Å². The van der Waals surface area contributed by atoms with E-state index in [4.69, 9.17) is 23.7 Å². The lowest BCUT2D eigenvalue weighted by atomic mass is 9.35. The minimum Gasteiger partial charge on any atom is -0.461 e. The van der Waals surface area contributed by atoms with Crippen LogP contribution in [0, 0.1) is 34.0 Å². The van der Waals surface area contributed by atoms with Gasteiger partial charge in [0, 0.05) is 7.11 Å². The minimum atomic E-state index is -3.54. The third-order valence-corrected chi connectivity index (χ3v) is 12.6. The standard InChI is InChI=1S/C29H38O9S/c1-17(2)22-28-23-20(15-21(30)36-23)29(34-5)27(12-13-35-29,24(28)38-25(31)37-22)16-18(26(28,3)4)11-14-39(32,33)19-9-7-6-8-10-19/h6-10,17-18,20,22-24H,11-16H2,1-5H3/t18-,20-,22-,23+,24+,27-,28-,29-/m1/s1. The first kappa shape index (κ1) is 27.0. The number of esters is 1. The number of rotatable bonds is 6. The monoisotopic (exact) mass is 562 g/mol. The molecule has 5 fully saturated rings. The van der Waals surface area contributed by atoms with Gasteiger partial charge in [-0.1, -0.05) is 45.9 Å². The van der Waals surface area contributed by atoms with E-state index in [0.29, 0.717) is 30.8 Å². The third-order valence-electron chi connectivity index (χ3n) is 10.9. The SMILES string of the molecule is CO[C@]12OCC[C@]13C[C@@H](CCS(=O)(=O)c1ccccc1)C(C)(C)[C@]1([C@@H](C(C)C)OC(=O)O[C@H]13)[C@H]1OC(=O)C[C@H]12. The molecular weight excluding hydrogens is 524 g/mol. The molecule has 1 aromatic carbocycles. The molecule has 10 heteroatoms. The molecule has 2 saturated carbocycles. The minimum absolute atomic E-state index is 0.0380. The molecule has 1 aromatic rings. The number of hydrogen-bond donors (Lipinski definition) is 0. The molecule has 6 rings (SSSR count). The smallest absolute Gasteiger partial charge is 0.461 e. The predicted octanol–water partition coefficient (Wildman–Crippen LogP) is 4.14. The van der Waals surface area contributed by atoms with Crippen molar-refractivity contribution in [2.75, 3.05) is 19.5 Å². The van der Waals surface area contributed by atoms with Crippen LogP contribution in [0.4, 0.5) is 4.79 Å². The summed E-state index contributed by atoms with van der Waals surface area (Å²) < 4.78 is 57.8. The first-order valence-corrected chi connectivity index (χ1v) is 15.6. The molecular formula is C29H38O9S. The Morgan fingerprint density at radius 1 is 1.08 bits per heavy atom. The van der Waals surface area contributed by atoms with E-state index in [9.17, 15) is 18.0 Å². The number of carbonyl (C=O) groups is 2. The van der Waals surface area contributed by atoms with E-state index in [1.165, 1.54) is 0 Å². The number of ether oxygens (including phenoxy) is 5. The molecule has 2 aliphatic carbocycles. The molecule has 5 aliphatic rings. The van der Waals surface area contributed by atoms with E-state index >= 15 is 0 Å². The van der Waals surface area contributed by atoms with Gasteiger partial charge in [0.05, 0.1) is 40.4 Å². The fraction of sp³-hybridized carbons (Fsp3) is 0.724. The number of benzene rings is 1. The quantitative estimate of drug-likeness (QED) is 0.472. The zero-order chi connectivity index (χ0) is 28.0. The number of methoxy groups -OCH3 is 1. The lowest BCUT2D eigenvalue weighted by molar-refractivity contribution is -0.412. The molecule has 0 N–H and O–H groups in total. The Morgan fingerprint density at radius 3 is 2.46 bits per heavy atom. The van der Waals surface area contributed by atoms with Crippen LogP contribution in [0.5, 0.6) is 0 Å². The van der Waals surface area contributed by atoms with Gasteiger partial charge in [-0.25, -0.2) is 13.2 Å². The van der Waals surface area contributed by atoms with E-state index in [2.05, 4.69) is 13.8 Å². The average Bonchev–Trinajstić information content (AvgIpc) is 3.47. The summed E-state index contributed by atoms with van der Waals surface area (Å²) in [6.07, 6.45) is -1.13. The topological polar surface area (TPSA) is 114 Å². The highest BCUT2D eigenvalue weighted by Crippen LogP contribution is 2.77. The summed E-state index contributed by atoms with van der Waals surface area (Å²) in [5.74, 6) is -2.26. The largest absolute Gasteiger partial charge is 0.508 e. The molecule has 3 saturated heterocycles. The molecule has 39 heavy (non-hydrogen) atoms. The first-order chi connectivity index (χ1) is 18.4. The van der Waals surface area contributed by atoms with Gasteiger partial charge >= 0.3 is 12.1 Å². The van der Waals surface area contributed by atoms with Crippen molar-refractivity contribution in [1.82, 2.24) is 0 Å². The summed E-state index contributed by atoms with van der Waals surface area (Å²) in [7, 11) is -1.96. The van der Waals surface area contributed by atoms with Gasteiger partial charge in [-0.15, -0.1) is 0 Å².